The summed E-state index contributed by atoms with van der Waals surface area (Å²) >= 11 is 1.47. The van der Waals surface area contributed by atoms with Crippen LogP contribution in [0.3, 0.4) is 0 Å². The highest BCUT2D eigenvalue weighted by Crippen LogP contribution is 2.26. The number of aromatic nitrogens is 6. The molecule has 0 aliphatic rings. The van der Waals surface area contributed by atoms with Crippen LogP contribution in [0, 0.1) is 6.92 Å². The van der Waals surface area contributed by atoms with Crippen LogP contribution in [0.15, 0.2) is 84.0 Å². The Kier molecular flexibility index (Phi) is 5.86. The van der Waals surface area contributed by atoms with Gasteiger partial charge in [0.1, 0.15) is 5.52 Å². The van der Waals surface area contributed by atoms with Crippen LogP contribution in [0.1, 0.15) is 12.0 Å². The van der Waals surface area contributed by atoms with Gasteiger partial charge < -0.3 is 5.32 Å². The van der Waals surface area contributed by atoms with Gasteiger partial charge in [-0.3, -0.25) is 9.36 Å². The van der Waals surface area contributed by atoms with E-state index < -0.39 is 0 Å². The number of carbonyl (C=O) groups is 1. The second-order valence-corrected chi connectivity index (χ2v) is 8.52. The maximum atomic E-state index is 12.4. The number of fused-ring (bicyclic) bond motifs is 1. The van der Waals surface area contributed by atoms with Crippen molar-refractivity contribution in [2.75, 3.05) is 11.1 Å². The first-order valence-corrected chi connectivity index (χ1v) is 11.5. The van der Waals surface area contributed by atoms with E-state index >= 15 is 0 Å². The van der Waals surface area contributed by atoms with E-state index in [-0.39, 0.29) is 5.91 Å². The molecule has 0 saturated carbocycles. The average molecular weight is 456 g/mol. The first-order chi connectivity index (χ1) is 16.2. The largest absolute Gasteiger partial charge is 0.326 e. The minimum atomic E-state index is -0.0420. The summed E-state index contributed by atoms with van der Waals surface area (Å²) in [6.07, 6.45) is 0.349. The van der Waals surface area contributed by atoms with Crippen molar-refractivity contribution in [3.05, 3.63) is 84.4 Å². The van der Waals surface area contributed by atoms with Gasteiger partial charge in [0, 0.05) is 17.9 Å². The molecule has 0 fully saturated rings. The van der Waals surface area contributed by atoms with Crippen LogP contribution < -0.4 is 5.32 Å². The van der Waals surface area contributed by atoms with E-state index in [4.69, 9.17) is 0 Å². The molecule has 1 amide bonds. The fraction of sp³-hybridized carbons (Fsp3) is 0.125. The normalized spacial score (nSPS) is 11.1. The summed E-state index contributed by atoms with van der Waals surface area (Å²) in [5.74, 6) is 1.06. The van der Waals surface area contributed by atoms with Gasteiger partial charge in [-0.15, -0.1) is 15.3 Å². The molecular weight excluding hydrogens is 434 g/mol. The Morgan fingerprint density at radius 2 is 1.67 bits per heavy atom. The van der Waals surface area contributed by atoms with Gasteiger partial charge in [-0.1, -0.05) is 65.0 Å². The summed E-state index contributed by atoms with van der Waals surface area (Å²) < 4.78 is 3.62. The first-order valence-electron chi connectivity index (χ1n) is 10.5. The van der Waals surface area contributed by atoms with Crippen molar-refractivity contribution >= 4 is 34.4 Å². The van der Waals surface area contributed by atoms with Crippen LogP contribution in [-0.2, 0) is 4.79 Å². The molecule has 2 aromatic heterocycles. The fourth-order valence-electron chi connectivity index (χ4n) is 3.41. The van der Waals surface area contributed by atoms with Crippen molar-refractivity contribution in [1.82, 2.24) is 29.8 Å². The third-order valence-corrected chi connectivity index (χ3v) is 6.00. The summed E-state index contributed by atoms with van der Waals surface area (Å²) in [6, 6.07) is 25.3. The van der Waals surface area contributed by atoms with E-state index in [9.17, 15) is 4.79 Å². The number of benzene rings is 3. The number of hydrogen-bond acceptors (Lipinski definition) is 6. The maximum Gasteiger partial charge on any atom is 0.259 e. The Morgan fingerprint density at radius 1 is 0.909 bits per heavy atom. The number of amides is 1. The molecule has 5 aromatic rings. The molecule has 164 valence electrons. The number of hydrogen-bond donors (Lipinski definition) is 1. The standard InChI is InChI=1S/C24H21N7OS/c1-17-11-13-18(14-12-17)25-22(32)15-16-33-24-28-27-23(30(24)19-7-3-2-4-8-19)31-21-10-6-5-9-20(21)26-29-31/h2-14H,15-16H2,1H3,(H,25,32). The van der Waals surface area contributed by atoms with Gasteiger partial charge in [0.15, 0.2) is 5.16 Å². The molecule has 8 nitrogen and oxygen atoms in total. The molecule has 2 heterocycles. The molecule has 0 saturated heterocycles. The highest BCUT2D eigenvalue weighted by atomic mass is 32.2. The molecule has 0 atom stereocenters. The highest BCUT2D eigenvalue weighted by molar-refractivity contribution is 7.99. The van der Waals surface area contributed by atoms with Crippen LogP contribution in [-0.4, -0.2) is 41.4 Å². The van der Waals surface area contributed by atoms with Crippen LogP contribution >= 0.6 is 11.8 Å². The number of aryl methyl sites for hydroxylation is 1. The number of rotatable bonds is 7. The molecule has 1 N–H and O–H groups in total. The van der Waals surface area contributed by atoms with Crippen molar-refractivity contribution in [2.45, 2.75) is 18.5 Å². The zero-order valence-electron chi connectivity index (χ0n) is 17.9. The lowest BCUT2D eigenvalue weighted by Crippen LogP contribution is -2.12. The minimum Gasteiger partial charge on any atom is -0.326 e. The quantitative estimate of drug-likeness (QED) is 0.365. The van der Waals surface area contributed by atoms with Gasteiger partial charge in [-0.2, -0.15) is 4.68 Å². The molecule has 9 heteroatoms. The van der Waals surface area contributed by atoms with Crippen molar-refractivity contribution < 1.29 is 4.79 Å². The minimum absolute atomic E-state index is 0.0420. The summed E-state index contributed by atoms with van der Waals surface area (Å²) in [6.45, 7) is 2.02. The van der Waals surface area contributed by atoms with Crippen LogP contribution in [0.2, 0.25) is 0 Å². The monoisotopic (exact) mass is 455 g/mol. The van der Waals surface area contributed by atoms with E-state index in [1.165, 1.54) is 11.8 Å². The third kappa shape index (κ3) is 4.49. The first kappa shape index (κ1) is 20.9. The van der Waals surface area contributed by atoms with Gasteiger partial charge in [-0.05, 0) is 43.3 Å². The predicted octanol–water partition coefficient (Wildman–Crippen LogP) is 4.43. The second-order valence-electron chi connectivity index (χ2n) is 7.46. The lowest BCUT2D eigenvalue weighted by Gasteiger charge is -2.10. The number of para-hydroxylation sites is 2. The van der Waals surface area contributed by atoms with Crippen LogP contribution in [0.25, 0.3) is 22.7 Å². The smallest absolute Gasteiger partial charge is 0.259 e. The molecule has 5 rings (SSSR count). The Hall–Kier alpha value is -3.98. The molecule has 0 unspecified atom stereocenters. The zero-order chi connectivity index (χ0) is 22.6. The summed E-state index contributed by atoms with van der Waals surface area (Å²) in [5.41, 5.74) is 4.48. The molecule has 0 aliphatic heterocycles. The topological polar surface area (TPSA) is 90.5 Å². The lowest BCUT2D eigenvalue weighted by atomic mass is 10.2. The van der Waals surface area contributed by atoms with Gasteiger partial charge in [0.2, 0.25) is 5.91 Å². The predicted molar refractivity (Wildman–Crippen MR) is 129 cm³/mol. The van der Waals surface area contributed by atoms with E-state index in [2.05, 4.69) is 25.8 Å². The molecule has 3 aromatic carbocycles. The van der Waals surface area contributed by atoms with E-state index in [0.717, 1.165) is 28.0 Å². The Balaban J connectivity index is 1.38. The highest BCUT2D eigenvalue weighted by Gasteiger charge is 2.19. The number of nitrogens with zero attached hydrogens (tertiary/aromatic N) is 6. The summed E-state index contributed by atoms with van der Waals surface area (Å²) in [4.78, 5) is 12.4. The van der Waals surface area contributed by atoms with Gasteiger partial charge in [-0.25, -0.2) is 0 Å². The molecule has 0 bridgehead atoms. The third-order valence-electron chi connectivity index (χ3n) is 5.07. The van der Waals surface area contributed by atoms with Gasteiger partial charge in [0.05, 0.1) is 11.2 Å². The van der Waals surface area contributed by atoms with Crippen LogP contribution in [0.5, 0.6) is 0 Å². The van der Waals surface area contributed by atoms with Crippen molar-refractivity contribution in [3.63, 3.8) is 0 Å². The summed E-state index contributed by atoms with van der Waals surface area (Å²) in [5, 5.41) is 21.0. The molecule has 0 spiro atoms. The van der Waals surface area contributed by atoms with Crippen molar-refractivity contribution in [3.8, 4) is 11.6 Å². The van der Waals surface area contributed by atoms with Crippen molar-refractivity contribution in [1.29, 1.82) is 0 Å². The number of nitrogens with one attached hydrogen (secondary N) is 1. The Labute approximate surface area is 194 Å². The maximum absolute atomic E-state index is 12.4. The zero-order valence-corrected chi connectivity index (χ0v) is 18.7. The Bertz CT molecular complexity index is 1390. The fourth-order valence-corrected chi connectivity index (χ4v) is 4.29. The Morgan fingerprint density at radius 3 is 2.48 bits per heavy atom. The number of anilines is 1. The lowest BCUT2D eigenvalue weighted by molar-refractivity contribution is -0.115. The molecule has 0 aliphatic carbocycles. The van der Waals surface area contributed by atoms with Gasteiger partial charge >= 0.3 is 0 Å². The number of thioether (sulfide) groups is 1. The molecule has 0 radical (unpaired) electrons. The molecular formula is C24H21N7OS. The van der Waals surface area contributed by atoms with E-state index in [1.54, 1.807) is 4.68 Å². The SMILES string of the molecule is Cc1ccc(NC(=O)CCSc2nnc(-n3nnc4ccccc43)n2-c2ccccc2)cc1. The summed E-state index contributed by atoms with van der Waals surface area (Å²) in [7, 11) is 0. The van der Waals surface area contributed by atoms with Crippen LogP contribution in [0.4, 0.5) is 5.69 Å². The molecule has 33 heavy (non-hydrogen) atoms. The van der Waals surface area contributed by atoms with E-state index in [1.807, 2.05) is 90.4 Å². The number of carbonyl (C=O) groups excluding carboxylic acids is 1. The van der Waals surface area contributed by atoms with E-state index in [0.29, 0.717) is 23.3 Å². The van der Waals surface area contributed by atoms with Gasteiger partial charge in [0.25, 0.3) is 5.95 Å². The average Bonchev–Trinajstić information content (AvgIpc) is 3.45. The van der Waals surface area contributed by atoms with Crippen molar-refractivity contribution in [2.24, 2.45) is 0 Å². The second kappa shape index (κ2) is 9.25.